The van der Waals surface area contributed by atoms with E-state index in [0.717, 1.165) is 29.5 Å². The predicted octanol–water partition coefficient (Wildman–Crippen LogP) is 3.86. The molecular formula is C15H26ClN3. The Morgan fingerprint density at radius 2 is 1.95 bits per heavy atom. The van der Waals surface area contributed by atoms with Crippen LogP contribution in [0.2, 0.25) is 5.02 Å². The summed E-state index contributed by atoms with van der Waals surface area (Å²) < 4.78 is 0. The minimum atomic E-state index is 0.429. The van der Waals surface area contributed by atoms with Gasteiger partial charge in [-0.2, -0.15) is 0 Å². The summed E-state index contributed by atoms with van der Waals surface area (Å²) in [6, 6.07) is 4.88. The second kappa shape index (κ2) is 7.71. The summed E-state index contributed by atoms with van der Waals surface area (Å²) in [6.07, 6.45) is 1.11. The van der Waals surface area contributed by atoms with E-state index in [1.54, 1.807) is 0 Å². The fourth-order valence-electron chi connectivity index (χ4n) is 1.98. The lowest BCUT2D eigenvalue weighted by molar-refractivity contribution is 0.578. The Morgan fingerprint density at radius 3 is 2.47 bits per heavy atom. The van der Waals surface area contributed by atoms with Gasteiger partial charge in [0, 0.05) is 25.2 Å². The number of rotatable bonds is 7. The van der Waals surface area contributed by atoms with Crippen LogP contribution in [0.1, 0.15) is 46.7 Å². The van der Waals surface area contributed by atoms with Crippen molar-refractivity contribution in [3.05, 3.63) is 22.8 Å². The van der Waals surface area contributed by atoms with Crippen LogP contribution in [0, 0.1) is 0 Å². The highest BCUT2D eigenvalue weighted by atomic mass is 35.5. The highest BCUT2D eigenvalue weighted by molar-refractivity contribution is 6.31. The van der Waals surface area contributed by atoms with Crippen molar-refractivity contribution in [3.63, 3.8) is 0 Å². The molecule has 0 aromatic carbocycles. The second-order valence-corrected chi connectivity index (χ2v) is 5.58. The van der Waals surface area contributed by atoms with Crippen LogP contribution in [0.4, 0.5) is 5.82 Å². The van der Waals surface area contributed by atoms with Gasteiger partial charge in [-0.05, 0) is 32.4 Å². The average Bonchev–Trinajstić information content (AvgIpc) is 2.39. The van der Waals surface area contributed by atoms with Gasteiger partial charge in [0.2, 0.25) is 0 Å². The lowest BCUT2D eigenvalue weighted by Gasteiger charge is -2.29. The Kier molecular flexibility index (Phi) is 6.59. The van der Waals surface area contributed by atoms with Crippen LogP contribution in [0.25, 0.3) is 0 Å². The van der Waals surface area contributed by atoms with Crippen molar-refractivity contribution >= 4 is 17.4 Å². The maximum absolute atomic E-state index is 6.22. The van der Waals surface area contributed by atoms with Crippen LogP contribution in [-0.4, -0.2) is 23.6 Å². The van der Waals surface area contributed by atoms with E-state index in [1.165, 1.54) is 0 Å². The van der Waals surface area contributed by atoms with E-state index in [-0.39, 0.29) is 0 Å². The van der Waals surface area contributed by atoms with Crippen LogP contribution < -0.4 is 10.2 Å². The van der Waals surface area contributed by atoms with Crippen molar-refractivity contribution in [3.8, 4) is 0 Å². The number of hydrogen-bond donors (Lipinski definition) is 1. The number of halogens is 1. The molecule has 3 nitrogen and oxygen atoms in total. The molecule has 0 saturated heterocycles. The lowest BCUT2D eigenvalue weighted by Crippen LogP contribution is -2.33. The molecule has 1 N–H and O–H groups in total. The molecule has 1 aromatic heterocycles. The van der Waals surface area contributed by atoms with E-state index < -0.39 is 0 Å². The largest absolute Gasteiger partial charge is 0.354 e. The quantitative estimate of drug-likeness (QED) is 0.824. The number of pyridine rings is 1. The van der Waals surface area contributed by atoms with Crippen LogP contribution in [0.15, 0.2) is 12.1 Å². The van der Waals surface area contributed by atoms with Gasteiger partial charge >= 0.3 is 0 Å². The van der Waals surface area contributed by atoms with Gasteiger partial charge in [-0.1, -0.05) is 32.4 Å². The van der Waals surface area contributed by atoms with Gasteiger partial charge in [0.25, 0.3) is 0 Å². The third-order valence-corrected chi connectivity index (χ3v) is 3.68. The smallest absolute Gasteiger partial charge is 0.129 e. The number of nitrogens with one attached hydrogen (secondary N) is 1. The Hall–Kier alpha value is -0.800. The van der Waals surface area contributed by atoms with Crippen molar-refractivity contribution in [2.24, 2.45) is 0 Å². The number of anilines is 1. The zero-order valence-corrected chi connectivity index (χ0v) is 13.5. The van der Waals surface area contributed by atoms with E-state index >= 15 is 0 Å². The molecule has 1 unspecified atom stereocenters. The van der Waals surface area contributed by atoms with Gasteiger partial charge < -0.3 is 10.2 Å². The molecule has 0 fully saturated rings. The molecule has 0 spiro atoms. The van der Waals surface area contributed by atoms with Gasteiger partial charge in [-0.25, -0.2) is 4.98 Å². The summed E-state index contributed by atoms with van der Waals surface area (Å²) in [5, 5.41) is 4.10. The highest BCUT2D eigenvalue weighted by Gasteiger charge is 2.14. The van der Waals surface area contributed by atoms with Crippen LogP contribution >= 0.6 is 11.6 Å². The van der Waals surface area contributed by atoms with Crippen molar-refractivity contribution in [2.75, 3.05) is 11.4 Å². The molecule has 1 atom stereocenters. The molecule has 0 bridgehead atoms. The number of hydrogen-bond acceptors (Lipinski definition) is 3. The van der Waals surface area contributed by atoms with E-state index in [1.807, 2.05) is 12.1 Å². The first-order chi connectivity index (χ1) is 8.99. The Bertz CT molecular complexity index is 393. The highest BCUT2D eigenvalue weighted by Crippen LogP contribution is 2.21. The summed E-state index contributed by atoms with van der Waals surface area (Å²) in [4.78, 5) is 7.03. The average molecular weight is 284 g/mol. The number of nitrogens with zero attached hydrogens (tertiary/aromatic N) is 2. The molecular weight excluding hydrogens is 258 g/mol. The SMILES string of the molecule is CCC(C)N(CC)c1ccc(Cl)c(CNC(C)C)n1. The fraction of sp³-hybridized carbons (Fsp3) is 0.667. The minimum Gasteiger partial charge on any atom is -0.354 e. The third kappa shape index (κ3) is 4.66. The number of aromatic nitrogens is 1. The molecule has 0 aliphatic carbocycles. The summed E-state index contributed by atoms with van der Waals surface area (Å²) in [5.74, 6) is 1.02. The van der Waals surface area contributed by atoms with Crippen molar-refractivity contribution in [1.29, 1.82) is 0 Å². The molecule has 1 aromatic rings. The van der Waals surface area contributed by atoms with Gasteiger partial charge in [-0.15, -0.1) is 0 Å². The van der Waals surface area contributed by atoms with E-state index in [4.69, 9.17) is 16.6 Å². The van der Waals surface area contributed by atoms with Gasteiger partial charge in [0.15, 0.2) is 0 Å². The maximum atomic E-state index is 6.22. The first-order valence-corrected chi connectivity index (χ1v) is 7.52. The Balaban J connectivity index is 2.93. The molecule has 0 aliphatic heterocycles. The van der Waals surface area contributed by atoms with Crippen molar-refractivity contribution in [2.45, 2.75) is 59.7 Å². The monoisotopic (exact) mass is 283 g/mol. The normalized spacial score (nSPS) is 12.8. The first-order valence-electron chi connectivity index (χ1n) is 7.15. The van der Waals surface area contributed by atoms with Crippen LogP contribution in [0.5, 0.6) is 0 Å². The van der Waals surface area contributed by atoms with Crippen molar-refractivity contribution < 1.29 is 0 Å². The van der Waals surface area contributed by atoms with Gasteiger partial charge in [-0.3, -0.25) is 0 Å². The second-order valence-electron chi connectivity index (χ2n) is 5.18. The van der Waals surface area contributed by atoms with Gasteiger partial charge in [0.05, 0.1) is 10.7 Å². The fourth-order valence-corrected chi connectivity index (χ4v) is 2.15. The topological polar surface area (TPSA) is 28.2 Å². The lowest BCUT2D eigenvalue weighted by atomic mass is 10.2. The molecule has 0 radical (unpaired) electrons. The predicted molar refractivity (Wildman–Crippen MR) is 84.0 cm³/mol. The molecule has 1 heterocycles. The van der Waals surface area contributed by atoms with Gasteiger partial charge in [0.1, 0.15) is 5.82 Å². The zero-order chi connectivity index (χ0) is 14.4. The molecule has 0 amide bonds. The minimum absolute atomic E-state index is 0.429. The molecule has 0 aliphatic rings. The van der Waals surface area contributed by atoms with Crippen molar-refractivity contribution in [1.82, 2.24) is 10.3 Å². The first kappa shape index (κ1) is 16.3. The summed E-state index contributed by atoms with van der Waals surface area (Å²) in [6.45, 7) is 12.5. The van der Waals surface area contributed by atoms with E-state index in [9.17, 15) is 0 Å². The standard InChI is InChI=1S/C15H26ClN3/c1-6-12(5)19(7-2)15-9-8-13(16)14(18-15)10-17-11(3)4/h8-9,11-12,17H,6-7,10H2,1-5H3. The van der Waals surface area contributed by atoms with Crippen LogP contribution in [-0.2, 0) is 6.54 Å². The molecule has 1 rings (SSSR count). The van der Waals surface area contributed by atoms with Crippen LogP contribution in [0.3, 0.4) is 0 Å². The molecule has 4 heteroatoms. The third-order valence-electron chi connectivity index (χ3n) is 3.34. The summed E-state index contributed by atoms with van der Waals surface area (Å²) in [7, 11) is 0. The maximum Gasteiger partial charge on any atom is 0.129 e. The Morgan fingerprint density at radius 1 is 1.26 bits per heavy atom. The Labute approximate surface area is 122 Å². The molecule has 19 heavy (non-hydrogen) atoms. The molecule has 108 valence electrons. The zero-order valence-electron chi connectivity index (χ0n) is 12.7. The van der Waals surface area contributed by atoms with E-state index in [0.29, 0.717) is 18.6 Å². The van der Waals surface area contributed by atoms with E-state index in [2.05, 4.69) is 44.8 Å². The molecule has 0 saturated carbocycles. The summed E-state index contributed by atoms with van der Waals surface area (Å²) >= 11 is 6.22. The summed E-state index contributed by atoms with van der Waals surface area (Å²) in [5.41, 5.74) is 0.926.